The second kappa shape index (κ2) is 6.10. The van der Waals surface area contributed by atoms with Crippen LogP contribution < -0.4 is 10.6 Å². The molecule has 1 fully saturated rings. The number of nitrogen functional groups attached to an aromatic ring is 1. The van der Waals surface area contributed by atoms with Crippen LogP contribution >= 0.6 is 0 Å². The lowest BCUT2D eigenvalue weighted by molar-refractivity contribution is 0.249. The Bertz CT molecular complexity index is 591. The highest BCUT2D eigenvalue weighted by Crippen LogP contribution is 2.21. The molecule has 0 unspecified atom stereocenters. The van der Waals surface area contributed by atoms with E-state index in [-0.39, 0.29) is 0 Å². The normalized spacial score (nSPS) is 16.1. The van der Waals surface area contributed by atoms with Gasteiger partial charge in [-0.2, -0.15) is 0 Å². The summed E-state index contributed by atoms with van der Waals surface area (Å²) in [7, 11) is 0. The molecule has 2 aromatic rings. The highest BCUT2D eigenvalue weighted by Gasteiger charge is 2.20. The summed E-state index contributed by atoms with van der Waals surface area (Å²) in [5.41, 5.74) is 8.22. The average Bonchev–Trinajstić information content (AvgIpc) is 2.52. The van der Waals surface area contributed by atoms with Gasteiger partial charge in [0.2, 0.25) is 0 Å². The van der Waals surface area contributed by atoms with E-state index in [1.165, 1.54) is 5.56 Å². The highest BCUT2D eigenvalue weighted by atomic mass is 15.3. The zero-order valence-corrected chi connectivity index (χ0v) is 12.4. The zero-order valence-electron chi connectivity index (χ0n) is 12.4. The molecular weight excluding hydrogens is 262 g/mol. The Kier molecular flexibility index (Phi) is 4.01. The summed E-state index contributed by atoms with van der Waals surface area (Å²) in [4.78, 5) is 13.2. The van der Waals surface area contributed by atoms with Crippen LogP contribution in [0.1, 0.15) is 11.1 Å². The number of anilines is 2. The van der Waals surface area contributed by atoms with Crippen molar-refractivity contribution >= 4 is 11.6 Å². The summed E-state index contributed by atoms with van der Waals surface area (Å²) in [5.74, 6) is 1.55. The smallest absolute Gasteiger partial charge is 0.137 e. The SMILES string of the molecule is Cc1c(N)ncnc1N1CCN(Cc2ccccc2)CC1. The molecule has 2 N–H and O–H groups in total. The van der Waals surface area contributed by atoms with Crippen molar-refractivity contribution in [3.05, 3.63) is 47.8 Å². The van der Waals surface area contributed by atoms with E-state index in [2.05, 4.69) is 50.1 Å². The Balaban J connectivity index is 1.61. The molecule has 5 heteroatoms. The van der Waals surface area contributed by atoms with E-state index in [1.54, 1.807) is 6.33 Å². The van der Waals surface area contributed by atoms with E-state index < -0.39 is 0 Å². The maximum atomic E-state index is 5.87. The third-order valence-electron chi connectivity index (χ3n) is 4.02. The zero-order chi connectivity index (χ0) is 14.7. The molecule has 0 radical (unpaired) electrons. The summed E-state index contributed by atoms with van der Waals surface area (Å²) in [6.07, 6.45) is 1.55. The number of piperazine rings is 1. The minimum atomic E-state index is 0.576. The molecule has 0 spiro atoms. The van der Waals surface area contributed by atoms with Crippen LogP contribution in [0.5, 0.6) is 0 Å². The van der Waals surface area contributed by atoms with Gasteiger partial charge >= 0.3 is 0 Å². The lowest BCUT2D eigenvalue weighted by Gasteiger charge is -2.36. The summed E-state index contributed by atoms with van der Waals surface area (Å²) in [5, 5.41) is 0. The largest absolute Gasteiger partial charge is 0.383 e. The number of rotatable bonds is 3. The van der Waals surface area contributed by atoms with Crippen LogP contribution in [0.25, 0.3) is 0 Å². The average molecular weight is 283 g/mol. The van der Waals surface area contributed by atoms with Gasteiger partial charge in [0.25, 0.3) is 0 Å². The van der Waals surface area contributed by atoms with Gasteiger partial charge in [0.15, 0.2) is 0 Å². The molecule has 1 saturated heterocycles. The van der Waals surface area contributed by atoms with Crippen LogP contribution in [0.15, 0.2) is 36.7 Å². The molecule has 1 aliphatic rings. The maximum absolute atomic E-state index is 5.87. The van der Waals surface area contributed by atoms with E-state index in [4.69, 9.17) is 5.73 Å². The molecule has 3 rings (SSSR count). The van der Waals surface area contributed by atoms with E-state index in [0.717, 1.165) is 44.1 Å². The van der Waals surface area contributed by atoms with Gasteiger partial charge in [-0.3, -0.25) is 4.90 Å². The monoisotopic (exact) mass is 283 g/mol. The predicted octanol–water partition coefficient (Wildman–Crippen LogP) is 1.69. The molecule has 21 heavy (non-hydrogen) atoms. The van der Waals surface area contributed by atoms with E-state index in [9.17, 15) is 0 Å². The highest BCUT2D eigenvalue weighted by molar-refractivity contribution is 5.55. The van der Waals surface area contributed by atoms with Crippen molar-refractivity contribution in [2.45, 2.75) is 13.5 Å². The Morgan fingerprint density at radius 2 is 1.76 bits per heavy atom. The Morgan fingerprint density at radius 1 is 1.05 bits per heavy atom. The van der Waals surface area contributed by atoms with Crippen molar-refractivity contribution < 1.29 is 0 Å². The molecule has 2 heterocycles. The van der Waals surface area contributed by atoms with E-state index in [0.29, 0.717) is 5.82 Å². The van der Waals surface area contributed by atoms with Gasteiger partial charge in [0.05, 0.1) is 0 Å². The molecule has 110 valence electrons. The van der Waals surface area contributed by atoms with E-state index in [1.807, 2.05) is 6.92 Å². The van der Waals surface area contributed by atoms with Crippen molar-refractivity contribution in [3.63, 3.8) is 0 Å². The molecule has 1 aromatic carbocycles. The lowest BCUT2D eigenvalue weighted by atomic mass is 10.2. The number of hydrogen-bond acceptors (Lipinski definition) is 5. The first-order valence-electron chi connectivity index (χ1n) is 7.32. The molecular formula is C16H21N5. The van der Waals surface area contributed by atoms with Gasteiger partial charge in [0, 0.05) is 38.3 Å². The molecule has 0 saturated carbocycles. The summed E-state index contributed by atoms with van der Waals surface area (Å²) >= 11 is 0. The Hall–Kier alpha value is -2.14. The second-order valence-electron chi connectivity index (χ2n) is 5.46. The quantitative estimate of drug-likeness (QED) is 0.929. The number of hydrogen-bond donors (Lipinski definition) is 1. The standard InChI is InChI=1S/C16H21N5/c1-13-15(17)18-12-19-16(13)21-9-7-20(8-10-21)11-14-5-3-2-4-6-14/h2-6,12H,7-11H2,1H3,(H2,17,18,19). The predicted molar refractivity (Wildman–Crippen MR) is 85.1 cm³/mol. The van der Waals surface area contributed by atoms with Crippen LogP contribution in [-0.4, -0.2) is 41.0 Å². The van der Waals surface area contributed by atoms with Gasteiger partial charge in [-0.25, -0.2) is 9.97 Å². The van der Waals surface area contributed by atoms with Crippen molar-refractivity contribution in [3.8, 4) is 0 Å². The van der Waals surface area contributed by atoms with Crippen molar-refractivity contribution in [1.82, 2.24) is 14.9 Å². The second-order valence-corrected chi connectivity index (χ2v) is 5.46. The molecule has 0 aliphatic carbocycles. The third kappa shape index (κ3) is 3.13. The molecule has 0 bridgehead atoms. The lowest BCUT2D eigenvalue weighted by Crippen LogP contribution is -2.46. The summed E-state index contributed by atoms with van der Waals surface area (Å²) in [6, 6.07) is 10.6. The fraction of sp³-hybridized carbons (Fsp3) is 0.375. The van der Waals surface area contributed by atoms with Gasteiger partial charge in [-0.1, -0.05) is 30.3 Å². The van der Waals surface area contributed by atoms with Crippen LogP contribution in [0.3, 0.4) is 0 Å². The van der Waals surface area contributed by atoms with Gasteiger partial charge < -0.3 is 10.6 Å². The van der Waals surface area contributed by atoms with Crippen LogP contribution in [-0.2, 0) is 6.54 Å². The number of benzene rings is 1. The maximum Gasteiger partial charge on any atom is 0.137 e. The molecule has 0 amide bonds. The first kappa shape index (κ1) is 13.8. The van der Waals surface area contributed by atoms with E-state index >= 15 is 0 Å². The third-order valence-corrected chi connectivity index (χ3v) is 4.02. The molecule has 1 aliphatic heterocycles. The molecule has 0 atom stereocenters. The van der Waals surface area contributed by atoms with Crippen molar-refractivity contribution in [2.75, 3.05) is 36.8 Å². The fourth-order valence-electron chi connectivity index (χ4n) is 2.73. The Morgan fingerprint density at radius 3 is 2.48 bits per heavy atom. The minimum Gasteiger partial charge on any atom is -0.383 e. The van der Waals surface area contributed by atoms with Crippen LogP contribution in [0.4, 0.5) is 11.6 Å². The fourth-order valence-corrected chi connectivity index (χ4v) is 2.73. The van der Waals surface area contributed by atoms with Crippen molar-refractivity contribution in [1.29, 1.82) is 0 Å². The van der Waals surface area contributed by atoms with Crippen molar-refractivity contribution in [2.24, 2.45) is 0 Å². The van der Waals surface area contributed by atoms with Gasteiger partial charge in [0.1, 0.15) is 18.0 Å². The summed E-state index contributed by atoms with van der Waals surface area (Å²) in [6.45, 7) is 7.03. The Labute approximate surface area is 125 Å². The van der Waals surface area contributed by atoms with Crippen LogP contribution in [0, 0.1) is 6.92 Å². The minimum absolute atomic E-state index is 0.576. The van der Waals surface area contributed by atoms with Gasteiger partial charge in [-0.05, 0) is 12.5 Å². The summed E-state index contributed by atoms with van der Waals surface area (Å²) < 4.78 is 0. The van der Waals surface area contributed by atoms with Crippen LogP contribution in [0.2, 0.25) is 0 Å². The molecule has 5 nitrogen and oxygen atoms in total. The first-order valence-corrected chi connectivity index (χ1v) is 7.32. The number of aromatic nitrogens is 2. The van der Waals surface area contributed by atoms with Gasteiger partial charge in [-0.15, -0.1) is 0 Å². The number of nitrogens with zero attached hydrogens (tertiary/aromatic N) is 4. The number of nitrogens with two attached hydrogens (primary N) is 1. The first-order chi connectivity index (χ1) is 10.2. The molecule has 1 aromatic heterocycles. The topological polar surface area (TPSA) is 58.3 Å².